The fraction of sp³-hybridized carbons (Fsp3) is 0.208. The second-order valence-corrected chi connectivity index (χ2v) is 13.4. The van der Waals surface area contributed by atoms with Crippen LogP contribution in [0, 0.1) is 0 Å². The molecule has 1 N–H and O–H groups in total. The van der Waals surface area contributed by atoms with Gasteiger partial charge in [0.15, 0.2) is 0 Å². The Morgan fingerprint density at radius 2 is 0.667 bits per heavy atom. The zero-order valence-electron chi connectivity index (χ0n) is 33.6. The quantitative estimate of drug-likeness (QED) is 0.189. The maximum absolute atomic E-state index is 9.37. The molecule has 0 aromatic heterocycles. The number of phenols is 1. The Morgan fingerprint density at radius 3 is 1.07 bits per heavy atom. The van der Waals surface area contributed by atoms with Crippen molar-refractivity contribution in [2.75, 3.05) is 0 Å². The summed E-state index contributed by atoms with van der Waals surface area (Å²) in [5.41, 5.74) is 8.64. The summed E-state index contributed by atoms with van der Waals surface area (Å²) in [4.78, 5) is 0. The Labute approximate surface area is 325 Å². The average Bonchev–Trinajstić information content (AvgIpc) is 3.62. The van der Waals surface area contributed by atoms with Gasteiger partial charge >= 0.3 is 0 Å². The monoisotopic (exact) mass is 710 g/mol. The Kier molecular flexibility index (Phi) is 16.1. The maximum atomic E-state index is 9.37. The standard InChI is InChI=1S/C13H10.2C13H14.C10H8O.2C2H6/c1-3-7-12-10(5-1)9-11-6-2-4-8-13(11)12;2*1-10(2)12-9-5-7-11-6-3-4-8-13(11)12;11-10-7-3-5-8-4-1-2-6-9(8)10;2*1-2/h1-8H,9H2;2*3-10H,1-2H3;1-7,11H;2*1-2H3. The lowest BCUT2D eigenvalue weighted by atomic mass is 9.96. The molecule has 1 aliphatic carbocycles. The van der Waals surface area contributed by atoms with Crippen molar-refractivity contribution >= 4 is 32.3 Å². The van der Waals surface area contributed by atoms with Crippen molar-refractivity contribution < 1.29 is 5.11 Å². The second-order valence-electron chi connectivity index (χ2n) is 13.4. The first-order valence-electron chi connectivity index (χ1n) is 19.7. The zero-order chi connectivity index (χ0) is 38.9. The van der Waals surface area contributed by atoms with Crippen LogP contribution in [0.2, 0.25) is 0 Å². The number of benzene rings is 8. The molecule has 0 radical (unpaired) electrons. The molecule has 8 aromatic carbocycles. The van der Waals surface area contributed by atoms with Gasteiger partial charge in [-0.15, -0.1) is 0 Å². The molecule has 8 aromatic rings. The minimum atomic E-state index is 0.350. The Balaban J connectivity index is 0.000000156. The van der Waals surface area contributed by atoms with Crippen LogP contribution in [0.4, 0.5) is 0 Å². The van der Waals surface area contributed by atoms with Gasteiger partial charge in [0.25, 0.3) is 0 Å². The van der Waals surface area contributed by atoms with Crippen molar-refractivity contribution in [3.8, 4) is 16.9 Å². The molecule has 0 aliphatic heterocycles. The highest BCUT2D eigenvalue weighted by Gasteiger charge is 2.16. The maximum Gasteiger partial charge on any atom is 0.123 e. The predicted octanol–water partition coefficient (Wildman–Crippen LogP) is 15.8. The third-order valence-electron chi connectivity index (χ3n) is 9.36. The lowest BCUT2D eigenvalue weighted by molar-refractivity contribution is 0.481. The van der Waals surface area contributed by atoms with E-state index in [1.54, 1.807) is 6.07 Å². The molecule has 0 atom stereocenters. The van der Waals surface area contributed by atoms with Crippen molar-refractivity contribution in [1.29, 1.82) is 0 Å². The van der Waals surface area contributed by atoms with E-state index in [1.807, 2.05) is 64.1 Å². The van der Waals surface area contributed by atoms with Crippen LogP contribution >= 0.6 is 0 Å². The molecule has 0 bridgehead atoms. The fourth-order valence-corrected chi connectivity index (χ4v) is 6.80. The van der Waals surface area contributed by atoms with E-state index < -0.39 is 0 Å². The molecule has 0 unspecified atom stereocenters. The Morgan fingerprint density at radius 1 is 0.352 bits per heavy atom. The summed E-state index contributed by atoms with van der Waals surface area (Å²) in [6, 6.07) is 60.8. The minimum absolute atomic E-state index is 0.350. The summed E-state index contributed by atoms with van der Waals surface area (Å²) in [5.74, 6) is 1.56. The molecule has 54 heavy (non-hydrogen) atoms. The smallest absolute Gasteiger partial charge is 0.123 e. The highest BCUT2D eigenvalue weighted by Crippen LogP contribution is 2.35. The van der Waals surface area contributed by atoms with E-state index in [0.717, 1.165) is 17.2 Å². The first-order valence-corrected chi connectivity index (χ1v) is 19.7. The molecule has 0 amide bonds. The van der Waals surface area contributed by atoms with Gasteiger partial charge in [-0.3, -0.25) is 0 Å². The molecular weight excluding hydrogens is 653 g/mol. The topological polar surface area (TPSA) is 20.2 Å². The predicted molar refractivity (Wildman–Crippen MR) is 239 cm³/mol. The van der Waals surface area contributed by atoms with Gasteiger partial charge in [-0.1, -0.05) is 225 Å². The second kappa shape index (κ2) is 21.1. The summed E-state index contributed by atoms with van der Waals surface area (Å²) in [5, 5.41) is 16.8. The molecule has 0 spiro atoms. The van der Waals surface area contributed by atoms with Crippen LogP contribution in [0.25, 0.3) is 43.4 Å². The molecule has 1 aliphatic rings. The highest BCUT2D eigenvalue weighted by atomic mass is 16.3. The summed E-state index contributed by atoms with van der Waals surface area (Å²) in [7, 11) is 0. The van der Waals surface area contributed by atoms with Crippen molar-refractivity contribution in [3.05, 3.63) is 198 Å². The van der Waals surface area contributed by atoms with E-state index in [1.165, 1.54) is 54.9 Å². The molecule has 0 fully saturated rings. The van der Waals surface area contributed by atoms with Gasteiger partial charge in [0.1, 0.15) is 5.75 Å². The van der Waals surface area contributed by atoms with Crippen molar-refractivity contribution in [2.24, 2.45) is 0 Å². The van der Waals surface area contributed by atoms with Gasteiger partial charge in [0, 0.05) is 5.39 Å². The van der Waals surface area contributed by atoms with E-state index in [4.69, 9.17) is 0 Å². The lowest BCUT2D eigenvalue weighted by Gasteiger charge is -2.08. The van der Waals surface area contributed by atoms with E-state index in [2.05, 4.69) is 161 Å². The fourth-order valence-electron chi connectivity index (χ4n) is 6.80. The third-order valence-corrected chi connectivity index (χ3v) is 9.36. The SMILES string of the molecule is CC.CC.CC(C)c1cccc2ccccc12.CC(C)c1cccc2ccccc12.Oc1cccc2ccccc12.c1ccc2c(c1)Cc1ccccc1-2. The third kappa shape index (κ3) is 10.5. The van der Waals surface area contributed by atoms with Crippen LogP contribution < -0.4 is 0 Å². The van der Waals surface area contributed by atoms with Gasteiger partial charge in [0.05, 0.1) is 0 Å². The van der Waals surface area contributed by atoms with Crippen molar-refractivity contribution in [3.63, 3.8) is 0 Å². The number of rotatable bonds is 2. The molecule has 9 rings (SSSR count). The van der Waals surface area contributed by atoms with Crippen molar-refractivity contribution in [2.45, 2.75) is 73.6 Å². The van der Waals surface area contributed by atoms with Crippen molar-refractivity contribution in [1.82, 2.24) is 0 Å². The normalized spacial score (nSPS) is 10.6. The van der Waals surface area contributed by atoms with Gasteiger partial charge in [-0.2, -0.15) is 0 Å². The first-order chi connectivity index (χ1) is 26.4. The number of hydrogen-bond donors (Lipinski definition) is 1. The van der Waals surface area contributed by atoms with Crippen LogP contribution in [-0.4, -0.2) is 5.11 Å². The highest BCUT2D eigenvalue weighted by molar-refractivity contribution is 5.88. The Bertz CT molecular complexity index is 2190. The number of aromatic hydroxyl groups is 1. The van der Waals surface area contributed by atoms with Crippen LogP contribution in [0.5, 0.6) is 5.75 Å². The van der Waals surface area contributed by atoms with Gasteiger partial charge in [0.2, 0.25) is 0 Å². The van der Waals surface area contributed by atoms with Crippen LogP contribution in [0.1, 0.15) is 89.5 Å². The van der Waals surface area contributed by atoms with E-state index >= 15 is 0 Å². The molecule has 0 heterocycles. The minimum Gasteiger partial charge on any atom is -0.507 e. The van der Waals surface area contributed by atoms with Gasteiger partial charge < -0.3 is 5.11 Å². The zero-order valence-corrected chi connectivity index (χ0v) is 33.6. The molecule has 1 heteroatoms. The van der Waals surface area contributed by atoms with Crippen LogP contribution in [-0.2, 0) is 6.42 Å². The molecular formula is C53H58O. The van der Waals surface area contributed by atoms with Crippen LogP contribution in [0.15, 0.2) is 176 Å². The number of hydrogen-bond acceptors (Lipinski definition) is 1. The average molecular weight is 711 g/mol. The first kappa shape index (κ1) is 41.1. The van der Waals surface area contributed by atoms with E-state index in [0.29, 0.717) is 17.6 Å². The summed E-state index contributed by atoms with van der Waals surface area (Å²) in [6.07, 6.45) is 1.10. The number of phenolic OH excluding ortho intramolecular Hbond substituents is 1. The molecule has 276 valence electrons. The van der Waals surface area contributed by atoms with E-state index in [-0.39, 0.29) is 0 Å². The molecule has 1 nitrogen and oxygen atoms in total. The Hall–Kier alpha value is -5.66. The lowest BCUT2D eigenvalue weighted by Crippen LogP contribution is -1.88. The van der Waals surface area contributed by atoms with E-state index in [9.17, 15) is 5.11 Å². The van der Waals surface area contributed by atoms with Gasteiger partial charge in [-0.25, -0.2) is 0 Å². The summed E-state index contributed by atoms with van der Waals surface area (Å²) >= 11 is 0. The van der Waals surface area contributed by atoms with Gasteiger partial charge in [-0.05, 0) is 84.6 Å². The van der Waals surface area contributed by atoms with Crippen LogP contribution in [0.3, 0.4) is 0 Å². The molecule has 0 saturated heterocycles. The number of fused-ring (bicyclic) bond motifs is 6. The molecule has 0 saturated carbocycles. The summed E-state index contributed by atoms with van der Waals surface area (Å²) < 4.78 is 0. The largest absolute Gasteiger partial charge is 0.507 e. The summed E-state index contributed by atoms with van der Waals surface area (Å²) in [6.45, 7) is 17.0.